The number of rotatable bonds is 6. The summed E-state index contributed by atoms with van der Waals surface area (Å²) in [4.78, 5) is 12.2. The summed E-state index contributed by atoms with van der Waals surface area (Å²) in [6, 6.07) is 13.7. The second kappa shape index (κ2) is 7.79. The van der Waals surface area contributed by atoms with Gasteiger partial charge < -0.3 is 9.30 Å². The van der Waals surface area contributed by atoms with Gasteiger partial charge in [0.2, 0.25) is 0 Å². The lowest BCUT2D eigenvalue weighted by atomic mass is 10.1. The van der Waals surface area contributed by atoms with Crippen LogP contribution in [0.1, 0.15) is 24.2 Å². The van der Waals surface area contributed by atoms with Crippen molar-refractivity contribution in [3.05, 3.63) is 88.9 Å². The van der Waals surface area contributed by atoms with Crippen molar-refractivity contribution in [3.63, 3.8) is 0 Å². The molecular weight excluding hydrogens is 366 g/mol. The topological polar surface area (TPSA) is 66.9 Å². The van der Waals surface area contributed by atoms with Crippen molar-refractivity contribution >= 4 is 0 Å². The first kappa shape index (κ1) is 18.7. The van der Waals surface area contributed by atoms with E-state index < -0.39 is 0 Å². The number of nitrogens with zero attached hydrogens (tertiary/aromatic N) is 5. The minimum absolute atomic E-state index is 0.0929. The molecule has 7 heteroatoms. The quantitative estimate of drug-likeness (QED) is 0.508. The predicted octanol–water partition coefficient (Wildman–Crippen LogP) is 3.17. The summed E-state index contributed by atoms with van der Waals surface area (Å²) >= 11 is 0. The lowest BCUT2D eigenvalue weighted by molar-refractivity contribution is 0.300. The summed E-state index contributed by atoms with van der Waals surface area (Å²) < 4.78 is 11.1. The average Bonchev–Trinajstić information content (AvgIpc) is 3.38. The normalized spacial score (nSPS) is 12.1. The van der Waals surface area contributed by atoms with E-state index in [0.717, 1.165) is 16.8 Å². The molecule has 29 heavy (non-hydrogen) atoms. The number of benzene rings is 1. The molecule has 0 aliphatic rings. The molecule has 0 aliphatic carbocycles. The minimum atomic E-state index is -0.130. The Morgan fingerprint density at radius 2 is 1.90 bits per heavy atom. The second-order valence-electron chi connectivity index (χ2n) is 7.07. The smallest absolute Gasteiger partial charge is 0.254 e. The molecule has 148 valence electrons. The predicted molar refractivity (Wildman–Crippen MR) is 111 cm³/mol. The molecule has 0 amide bonds. The maximum absolute atomic E-state index is 12.2. The molecule has 0 radical (unpaired) electrons. The lowest BCUT2D eigenvalue weighted by Gasteiger charge is -2.13. The zero-order chi connectivity index (χ0) is 20.4. The molecule has 3 aromatic heterocycles. The van der Waals surface area contributed by atoms with Crippen molar-refractivity contribution in [3.8, 4) is 16.9 Å². The van der Waals surface area contributed by atoms with Crippen LogP contribution in [0.15, 0.2) is 72.0 Å². The first-order chi connectivity index (χ1) is 14.0. The first-order valence-corrected chi connectivity index (χ1v) is 9.43. The van der Waals surface area contributed by atoms with Crippen LogP contribution >= 0.6 is 0 Å². The Hall–Kier alpha value is -3.61. The molecule has 0 N–H and O–H groups in total. The van der Waals surface area contributed by atoms with Crippen LogP contribution in [-0.2, 0) is 20.7 Å². The number of hydrogen-bond donors (Lipinski definition) is 0. The highest BCUT2D eigenvalue weighted by Gasteiger charge is 2.15. The fraction of sp³-hybridized carbons (Fsp3) is 0.227. The third kappa shape index (κ3) is 3.99. The van der Waals surface area contributed by atoms with Crippen LogP contribution in [0.4, 0.5) is 0 Å². The van der Waals surface area contributed by atoms with Crippen LogP contribution in [0.5, 0.6) is 5.75 Å². The van der Waals surface area contributed by atoms with Gasteiger partial charge in [-0.05, 0) is 18.6 Å². The number of hydrogen-bond acceptors (Lipinski definition) is 4. The SMILES string of the molecule is CC(c1ccccc1)n1cc(-c2cn(C)c(=O)cc2OCc2ccn(C)n2)cn1. The van der Waals surface area contributed by atoms with Gasteiger partial charge in [-0.15, -0.1) is 0 Å². The monoisotopic (exact) mass is 389 g/mol. The molecule has 0 saturated carbocycles. The lowest BCUT2D eigenvalue weighted by Crippen LogP contribution is -2.16. The fourth-order valence-electron chi connectivity index (χ4n) is 3.21. The Morgan fingerprint density at radius 3 is 2.62 bits per heavy atom. The molecular formula is C22H23N5O2. The standard InChI is InChI=1S/C22H23N5O2/c1-16(17-7-5-4-6-8-17)27-13-18(12-23-27)20-14-25(2)22(28)11-21(20)29-15-19-9-10-26(3)24-19/h4-14,16H,15H2,1-3H3. The Morgan fingerprint density at radius 1 is 1.10 bits per heavy atom. The van der Waals surface area contributed by atoms with Gasteiger partial charge in [0.25, 0.3) is 5.56 Å². The first-order valence-electron chi connectivity index (χ1n) is 9.43. The highest BCUT2D eigenvalue weighted by molar-refractivity contribution is 5.68. The molecule has 0 aliphatic heterocycles. The Balaban J connectivity index is 1.64. The molecule has 1 atom stereocenters. The molecule has 3 heterocycles. The van der Waals surface area contributed by atoms with E-state index in [4.69, 9.17) is 4.74 Å². The summed E-state index contributed by atoms with van der Waals surface area (Å²) in [6.45, 7) is 2.39. The van der Waals surface area contributed by atoms with Crippen molar-refractivity contribution in [2.75, 3.05) is 0 Å². The number of aryl methyl sites for hydroxylation is 2. The van der Waals surface area contributed by atoms with Crippen molar-refractivity contribution in [1.82, 2.24) is 24.1 Å². The van der Waals surface area contributed by atoms with Gasteiger partial charge in [0.05, 0.1) is 17.9 Å². The third-order valence-corrected chi connectivity index (χ3v) is 4.93. The molecule has 1 unspecified atom stereocenters. The average molecular weight is 389 g/mol. The van der Waals surface area contributed by atoms with E-state index in [0.29, 0.717) is 5.75 Å². The Kier molecular flexibility index (Phi) is 5.03. The van der Waals surface area contributed by atoms with E-state index in [1.165, 1.54) is 11.6 Å². The van der Waals surface area contributed by atoms with E-state index in [9.17, 15) is 4.79 Å². The molecule has 0 fully saturated rings. The van der Waals surface area contributed by atoms with E-state index >= 15 is 0 Å². The van der Waals surface area contributed by atoms with Gasteiger partial charge in [-0.1, -0.05) is 30.3 Å². The number of aromatic nitrogens is 5. The molecule has 1 aromatic carbocycles. The van der Waals surface area contributed by atoms with Crippen molar-refractivity contribution in [1.29, 1.82) is 0 Å². The fourth-order valence-corrected chi connectivity index (χ4v) is 3.21. The summed E-state index contributed by atoms with van der Waals surface area (Å²) in [5.74, 6) is 0.519. The maximum Gasteiger partial charge on any atom is 0.254 e. The summed E-state index contributed by atoms with van der Waals surface area (Å²) in [7, 11) is 3.58. The van der Waals surface area contributed by atoms with Gasteiger partial charge in [-0.2, -0.15) is 10.2 Å². The van der Waals surface area contributed by atoms with Crippen LogP contribution in [0, 0.1) is 0 Å². The van der Waals surface area contributed by atoms with Crippen LogP contribution in [0.25, 0.3) is 11.1 Å². The van der Waals surface area contributed by atoms with E-state index in [2.05, 4.69) is 29.3 Å². The number of pyridine rings is 1. The van der Waals surface area contributed by atoms with Gasteiger partial charge in [-0.3, -0.25) is 14.2 Å². The van der Waals surface area contributed by atoms with Gasteiger partial charge in [0, 0.05) is 49.9 Å². The Labute approximate surface area is 168 Å². The summed E-state index contributed by atoms with van der Waals surface area (Å²) in [6.07, 6.45) is 7.42. The third-order valence-electron chi connectivity index (χ3n) is 4.93. The Bertz CT molecular complexity index is 1170. The van der Waals surface area contributed by atoms with Crippen LogP contribution in [0.2, 0.25) is 0 Å². The zero-order valence-electron chi connectivity index (χ0n) is 16.7. The van der Waals surface area contributed by atoms with Crippen LogP contribution in [-0.4, -0.2) is 24.1 Å². The van der Waals surface area contributed by atoms with Crippen molar-refractivity contribution in [2.45, 2.75) is 19.6 Å². The van der Waals surface area contributed by atoms with Gasteiger partial charge in [0.15, 0.2) is 0 Å². The summed E-state index contributed by atoms with van der Waals surface area (Å²) in [5, 5.41) is 8.86. The second-order valence-corrected chi connectivity index (χ2v) is 7.07. The van der Waals surface area contributed by atoms with E-state index in [-0.39, 0.29) is 18.2 Å². The largest absolute Gasteiger partial charge is 0.486 e. The van der Waals surface area contributed by atoms with Crippen LogP contribution in [0.3, 0.4) is 0 Å². The summed E-state index contributed by atoms with van der Waals surface area (Å²) in [5.41, 5.74) is 3.55. The van der Waals surface area contributed by atoms with Gasteiger partial charge >= 0.3 is 0 Å². The minimum Gasteiger partial charge on any atom is -0.486 e. The van der Waals surface area contributed by atoms with Crippen molar-refractivity contribution in [2.24, 2.45) is 14.1 Å². The van der Waals surface area contributed by atoms with E-state index in [1.807, 2.05) is 48.4 Å². The highest BCUT2D eigenvalue weighted by Crippen LogP contribution is 2.30. The zero-order valence-corrected chi connectivity index (χ0v) is 16.7. The van der Waals surface area contributed by atoms with Gasteiger partial charge in [-0.25, -0.2) is 0 Å². The number of ether oxygens (including phenoxy) is 1. The van der Waals surface area contributed by atoms with Crippen LogP contribution < -0.4 is 10.3 Å². The molecule has 0 bridgehead atoms. The molecule has 4 aromatic rings. The maximum atomic E-state index is 12.2. The molecule has 0 saturated heterocycles. The molecule has 4 rings (SSSR count). The van der Waals surface area contributed by atoms with Crippen molar-refractivity contribution < 1.29 is 4.74 Å². The van der Waals surface area contributed by atoms with E-state index in [1.54, 1.807) is 28.7 Å². The molecule has 0 spiro atoms. The highest BCUT2D eigenvalue weighted by atomic mass is 16.5. The molecule has 7 nitrogen and oxygen atoms in total. The van der Waals surface area contributed by atoms with Gasteiger partial charge in [0.1, 0.15) is 12.4 Å².